The fourth-order valence-corrected chi connectivity index (χ4v) is 2.08. The van der Waals surface area contributed by atoms with Crippen LogP contribution in [0.4, 0.5) is 0 Å². The van der Waals surface area contributed by atoms with E-state index in [2.05, 4.69) is 35.5 Å². The molecule has 0 radical (unpaired) electrons. The van der Waals surface area contributed by atoms with Crippen molar-refractivity contribution in [2.75, 3.05) is 20.6 Å². The number of guanidine groups is 1. The maximum atomic E-state index is 6.22. The van der Waals surface area contributed by atoms with Crippen LogP contribution in [0.15, 0.2) is 29.3 Å². The third kappa shape index (κ3) is 3.63. The quantitative estimate of drug-likeness (QED) is 0.641. The van der Waals surface area contributed by atoms with Crippen molar-refractivity contribution in [1.82, 2.24) is 10.6 Å². The van der Waals surface area contributed by atoms with Gasteiger partial charge in [0.05, 0.1) is 0 Å². The molecule has 0 saturated carbocycles. The molecule has 3 nitrogen and oxygen atoms in total. The van der Waals surface area contributed by atoms with E-state index < -0.39 is 0 Å². The zero-order valence-electron chi connectivity index (χ0n) is 10.8. The van der Waals surface area contributed by atoms with Crippen LogP contribution in [-0.4, -0.2) is 26.6 Å². The second kappa shape index (κ2) is 5.92. The van der Waals surface area contributed by atoms with Crippen LogP contribution >= 0.6 is 11.6 Å². The highest BCUT2D eigenvalue weighted by molar-refractivity contribution is 6.31. The number of aliphatic imine (C=N–C) groups is 1. The van der Waals surface area contributed by atoms with Gasteiger partial charge in [-0.05, 0) is 11.6 Å². The predicted octanol–water partition coefficient (Wildman–Crippen LogP) is 2.41. The lowest BCUT2D eigenvalue weighted by Crippen LogP contribution is -2.42. The maximum absolute atomic E-state index is 6.22. The molecule has 1 rings (SSSR count). The van der Waals surface area contributed by atoms with Gasteiger partial charge in [-0.25, -0.2) is 0 Å². The van der Waals surface area contributed by atoms with Crippen molar-refractivity contribution in [2.24, 2.45) is 4.99 Å². The van der Waals surface area contributed by atoms with E-state index in [1.807, 2.05) is 25.2 Å². The van der Waals surface area contributed by atoms with Gasteiger partial charge in [0.2, 0.25) is 0 Å². The van der Waals surface area contributed by atoms with Crippen molar-refractivity contribution in [3.63, 3.8) is 0 Å². The van der Waals surface area contributed by atoms with Gasteiger partial charge in [0.25, 0.3) is 0 Å². The molecule has 94 valence electrons. The van der Waals surface area contributed by atoms with Gasteiger partial charge >= 0.3 is 0 Å². The lowest BCUT2D eigenvalue weighted by molar-refractivity contribution is 0.510. The normalized spacial score (nSPS) is 12.4. The molecule has 0 spiro atoms. The summed E-state index contributed by atoms with van der Waals surface area (Å²) in [5, 5.41) is 7.07. The van der Waals surface area contributed by atoms with Crippen molar-refractivity contribution < 1.29 is 0 Å². The average Bonchev–Trinajstić information content (AvgIpc) is 2.30. The van der Waals surface area contributed by atoms with Gasteiger partial charge < -0.3 is 10.6 Å². The van der Waals surface area contributed by atoms with E-state index in [0.717, 1.165) is 23.1 Å². The number of halogens is 1. The minimum absolute atomic E-state index is 0.0505. The average molecular weight is 254 g/mol. The lowest BCUT2D eigenvalue weighted by atomic mass is 9.84. The molecule has 0 atom stereocenters. The second-order valence-electron chi connectivity index (χ2n) is 4.54. The molecule has 0 heterocycles. The molecule has 2 N–H and O–H groups in total. The predicted molar refractivity (Wildman–Crippen MR) is 74.9 cm³/mol. The Bertz CT molecular complexity index is 399. The van der Waals surface area contributed by atoms with E-state index in [9.17, 15) is 0 Å². The molecule has 0 saturated heterocycles. The molecule has 4 heteroatoms. The summed E-state index contributed by atoms with van der Waals surface area (Å²) in [5.74, 6) is 0.783. The first kappa shape index (κ1) is 13.8. The van der Waals surface area contributed by atoms with Crippen molar-refractivity contribution in [2.45, 2.75) is 19.3 Å². The van der Waals surface area contributed by atoms with Crippen molar-refractivity contribution in [1.29, 1.82) is 0 Å². The van der Waals surface area contributed by atoms with Gasteiger partial charge in [0, 0.05) is 31.1 Å². The van der Waals surface area contributed by atoms with Gasteiger partial charge in [-0.2, -0.15) is 0 Å². The number of rotatable bonds is 3. The Morgan fingerprint density at radius 2 is 2.00 bits per heavy atom. The lowest BCUT2D eigenvalue weighted by Gasteiger charge is -2.27. The zero-order valence-corrected chi connectivity index (χ0v) is 11.6. The van der Waals surface area contributed by atoms with Crippen LogP contribution in [0.1, 0.15) is 19.4 Å². The monoisotopic (exact) mass is 253 g/mol. The summed E-state index contributed by atoms with van der Waals surface area (Å²) >= 11 is 6.22. The van der Waals surface area contributed by atoms with Crippen molar-refractivity contribution in [3.8, 4) is 0 Å². The van der Waals surface area contributed by atoms with Gasteiger partial charge in [0.1, 0.15) is 0 Å². The first-order valence-electron chi connectivity index (χ1n) is 5.64. The Kier molecular flexibility index (Phi) is 4.82. The van der Waals surface area contributed by atoms with Gasteiger partial charge in [-0.3, -0.25) is 4.99 Å². The molecule has 0 unspecified atom stereocenters. The SMILES string of the molecule is CN=C(NC)NCC(C)(C)c1ccccc1Cl. The van der Waals surface area contributed by atoms with Gasteiger partial charge in [0.15, 0.2) is 5.96 Å². The molecule has 0 aromatic heterocycles. The minimum atomic E-state index is -0.0505. The summed E-state index contributed by atoms with van der Waals surface area (Å²) in [6.07, 6.45) is 0. The minimum Gasteiger partial charge on any atom is -0.359 e. The molecule has 0 aliphatic rings. The number of hydrogen-bond donors (Lipinski definition) is 2. The number of nitrogens with zero attached hydrogens (tertiary/aromatic N) is 1. The van der Waals surface area contributed by atoms with Crippen molar-refractivity contribution >= 4 is 17.6 Å². The molecule has 1 aromatic rings. The van der Waals surface area contributed by atoms with E-state index in [-0.39, 0.29) is 5.41 Å². The Morgan fingerprint density at radius 1 is 1.35 bits per heavy atom. The second-order valence-corrected chi connectivity index (χ2v) is 4.95. The maximum Gasteiger partial charge on any atom is 0.190 e. The highest BCUT2D eigenvalue weighted by atomic mass is 35.5. The molecule has 17 heavy (non-hydrogen) atoms. The molecule has 0 amide bonds. The summed E-state index contributed by atoms with van der Waals surface area (Å²) in [5.41, 5.74) is 1.09. The highest BCUT2D eigenvalue weighted by Gasteiger charge is 2.23. The first-order valence-corrected chi connectivity index (χ1v) is 6.02. The fourth-order valence-electron chi connectivity index (χ4n) is 1.69. The van der Waals surface area contributed by atoms with E-state index in [4.69, 9.17) is 11.6 Å². The summed E-state index contributed by atoms with van der Waals surface area (Å²) in [6, 6.07) is 7.94. The van der Waals surface area contributed by atoms with E-state index in [1.165, 1.54) is 0 Å². The van der Waals surface area contributed by atoms with E-state index >= 15 is 0 Å². The Labute approximate surface area is 108 Å². The van der Waals surface area contributed by atoms with E-state index in [0.29, 0.717) is 0 Å². The fraction of sp³-hybridized carbons (Fsp3) is 0.462. The molecular formula is C13H20ClN3. The number of benzene rings is 1. The Balaban J connectivity index is 2.79. The Hall–Kier alpha value is -1.22. The highest BCUT2D eigenvalue weighted by Crippen LogP contribution is 2.28. The first-order chi connectivity index (χ1) is 8.01. The summed E-state index contributed by atoms with van der Waals surface area (Å²) in [6.45, 7) is 5.08. The molecule has 0 aliphatic carbocycles. The third-order valence-electron chi connectivity index (χ3n) is 2.76. The van der Waals surface area contributed by atoms with Gasteiger partial charge in [-0.15, -0.1) is 0 Å². The molecule has 1 aromatic carbocycles. The summed E-state index contributed by atoms with van der Waals surface area (Å²) in [4.78, 5) is 4.09. The Morgan fingerprint density at radius 3 is 2.53 bits per heavy atom. The zero-order chi connectivity index (χ0) is 12.9. The van der Waals surface area contributed by atoms with Crippen LogP contribution in [0, 0.1) is 0 Å². The van der Waals surface area contributed by atoms with Crippen LogP contribution in [0.3, 0.4) is 0 Å². The molecule has 0 bridgehead atoms. The molecule has 0 fully saturated rings. The van der Waals surface area contributed by atoms with Crippen LogP contribution in [-0.2, 0) is 5.41 Å². The standard InChI is InChI=1S/C13H20ClN3/c1-13(2,9-17-12(15-3)16-4)10-7-5-6-8-11(10)14/h5-8H,9H2,1-4H3,(H2,15,16,17). The van der Waals surface area contributed by atoms with Crippen molar-refractivity contribution in [3.05, 3.63) is 34.9 Å². The van der Waals surface area contributed by atoms with Crippen LogP contribution < -0.4 is 10.6 Å². The number of nitrogens with one attached hydrogen (secondary N) is 2. The summed E-state index contributed by atoms with van der Waals surface area (Å²) in [7, 11) is 3.60. The van der Waals surface area contributed by atoms with Crippen LogP contribution in [0.5, 0.6) is 0 Å². The molecular weight excluding hydrogens is 234 g/mol. The molecule has 0 aliphatic heterocycles. The topological polar surface area (TPSA) is 36.4 Å². The van der Waals surface area contributed by atoms with Crippen LogP contribution in [0.2, 0.25) is 5.02 Å². The largest absolute Gasteiger partial charge is 0.359 e. The van der Waals surface area contributed by atoms with Gasteiger partial charge in [-0.1, -0.05) is 43.6 Å². The summed E-state index contributed by atoms with van der Waals surface area (Å²) < 4.78 is 0. The smallest absolute Gasteiger partial charge is 0.190 e. The van der Waals surface area contributed by atoms with Crippen LogP contribution in [0.25, 0.3) is 0 Å². The van der Waals surface area contributed by atoms with E-state index in [1.54, 1.807) is 7.05 Å². The number of hydrogen-bond acceptors (Lipinski definition) is 1. The third-order valence-corrected chi connectivity index (χ3v) is 3.09.